The van der Waals surface area contributed by atoms with Crippen LogP contribution >= 0.6 is 47.8 Å². The number of ether oxygens (including phenoxy) is 2. The number of anilines is 2. The Hall–Kier alpha value is -2.50. The summed E-state index contributed by atoms with van der Waals surface area (Å²) in [5.41, 5.74) is 5.59. The number of allylic oxidation sites excluding steroid dienone is 2. The average Bonchev–Trinajstić information content (AvgIpc) is 2.98. The molecule has 310 valence electrons. The van der Waals surface area contributed by atoms with Gasteiger partial charge in [-0.2, -0.15) is 0 Å². The molecule has 11 heteroatoms. The highest BCUT2D eigenvalue weighted by Gasteiger charge is 2.43. The molecule has 2 aliphatic rings. The third-order valence-corrected chi connectivity index (χ3v) is 13.6. The number of amides is 4. The molecule has 2 aromatic rings. The zero-order valence-corrected chi connectivity index (χ0v) is 40.2. The quantitative estimate of drug-likeness (QED) is 0.106. The zero-order chi connectivity index (χ0) is 41.7. The van der Waals surface area contributed by atoms with Crippen molar-refractivity contribution in [3.8, 4) is 0 Å². The number of benzene rings is 2. The van der Waals surface area contributed by atoms with Crippen molar-refractivity contribution in [3.63, 3.8) is 0 Å². The lowest BCUT2D eigenvalue weighted by atomic mass is 9.83. The third kappa shape index (κ3) is 13.8. The molecule has 2 saturated carbocycles. The molecule has 2 aliphatic carbocycles. The Morgan fingerprint density at radius 1 is 0.714 bits per heavy atom. The number of halogens is 3. The average molecular weight is 966 g/mol. The standard InChI is InChI=1S/C45H65Br3N4O4/c1-29-23-30(2)35(25-34(29)50-39(53)49-26-37(32-19-15-20-32)55-44(10,11)28-42(6,7)45(46,47)48)51-40(54)52-36(24-31-17-13-12-14-18-31)38(33-21-16-22-33)56-43(8,9)27-41(3,4)5/h12-14,17-18,23,25,36H,15-16,19-22,24,26-28H2,1-11H3,(H2,49,50,53)(H2,51,52,54)/t36-/m0/s1. The van der Waals surface area contributed by atoms with E-state index < -0.39 is 13.3 Å². The molecule has 0 saturated heterocycles. The van der Waals surface area contributed by atoms with Gasteiger partial charge < -0.3 is 30.7 Å². The van der Waals surface area contributed by atoms with E-state index in [1.54, 1.807) is 0 Å². The fourth-order valence-electron chi connectivity index (χ4n) is 7.82. The maximum atomic E-state index is 13.9. The molecule has 0 unspecified atom stereocenters. The van der Waals surface area contributed by atoms with Crippen LogP contribution in [0, 0.1) is 24.7 Å². The highest BCUT2D eigenvalue weighted by molar-refractivity contribution is 9.39. The maximum Gasteiger partial charge on any atom is 0.319 e. The van der Waals surface area contributed by atoms with Crippen LogP contribution in [0.15, 0.2) is 65.1 Å². The summed E-state index contributed by atoms with van der Waals surface area (Å²) in [5.74, 6) is 1.70. The van der Waals surface area contributed by atoms with Crippen LogP contribution in [0.5, 0.6) is 0 Å². The number of urea groups is 2. The van der Waals surface area contributed by atoms with E-state index in [0.29, 0.717) is 17.8 Å². The lowest BCUT2D eigenvalue weighted by Crippen LogP contribution is -2.44. The van der Waals surface area contributed by atoms with Crippen molar-refractivity contribution in [2.45, 2.75) is 153 Å². The van der Waals surface area contributed by atoms with Gasteiger partial charge in [-0.3, -0.25) is 0 Å². The number of hydrogen-bond acceptors (Lipinski definition) is 4. The first-order chi connectivity index (χ1) is 25.8. The van der Waals surface area contributed by atoms with Gasteiger partial charge in [-0.05, 0) is 139 Å². The minimum absolute atomic E-state index is 0.0735. The van der Waals surface area contributed by atoms with Crippen LogP contribution in [0.2, 0.25) is 0 Å². The van der Waals surface area contributed by atoms with Crippen molar-refractivity contribution in [3.05, 3.63) is 81.8 Å². The maximum absolute atomic E-state index is 13.9. The Labute approximate surface area is 361 Å². The number of nitrogens with one attached hydrogen (secondary N) is 4. The lowest BCUT2D eigenvalue weighted by molar-refractivity contribution is -0.0106. The highest BCUT2D eigenvalue weighted by atomic mass is 80.0. The summed E-state index contributed by atoms with van der Waals surface area (Å²) in [4.78, 5) is 27.3. The molecule has 4 amide bonds. The molecule has 56 heavy (non-hydrogen) atoms. The normalized spacial score (nSPS) is 15.5. The molecule has 0 aliphatic heterocycles. The minimum atomic E-state index is -0.487. The Morgan fingerprint density at radius 3 is 1.75 bits per heavy atom. The van der Waals surface area contributed by atoms with Gasteiger partial charge in [0.2, 0.25) is 0 Å². The molecule has 8 nitrogen and oxygen atoms in total. The monoisotopic (exact) mass is 962 g/mol. The van der Waals surface area contributed by atoms with Crippen LogP contribution < -0.4 is 21.3 Å². The molecule has 4 N–H and O–H groups in total. The molecular formula is C45H65Br3N4O4. The number of rotatable bonds is 15. The smallest absolute Gasteiger partial charge is 0.319 e. The summed E-state index contributed by atoms with van der Waals surface area (Å²) >= 11 is 11.1. The number of carbonyl (C=O) groups excluding carboxylic acids is 2. The lowest BCUT2D eigenvalue weighted by Gasteiger charge is -2.41. The van der Waals surface area contributed by atoms with Gasteiger partial charge in [-0.15, -0.1) is 0 Å². The van der Waals surface area contributed by atoms with E-state index in [2.05, 4.69) is 144 Å². The predicted octanol–water partition coefficient (Wildman–Crippen LogP) is 13.3. The van der Waals surface area contributed by atoms with E-state index in [1.807, 2.05) is 44.2 Å². The van der Waals surface area contributed by atoms with E-state index in [9.17, 15) is 9.59 Å². The second kappa shape index (κ2) is 18.6. The van der Waals surface area contributed by atoms with E-state index in [-0.39, 0.29) is 35.5 Å². The second-order valence-corrected chi connectivity index (χ2v) is 25.6. The van der Waals surface area contributed by atoms with Gasteiger partial charge in [0.15, 0.2) is 0 Å². The first-order valence-electron chi connectivity index (χ1n) is 20.0. The van der Waals surface area contributed by atoms with Gasteiger partial charge in [0, 0.05) is 16.8 Å². The SMILES string of the molecule is Cc1cc(C)c(NC(=O)N[C@@H](Cc2ccccc2)C(OC(C)(C)CC(C)(C)C)=C2CCC2)cc1NC(=O)NCC(OC(C)(C)CC(C)(C)C(Br)(Br)Br)=C1CCC1. The van der Waals surface area contributed by atoms with Gasteiger partial charge in [0.1, 0.15) is 24.9 Å². The summed E-state index contributed by atoms with van der Waals surface area (Å²) in [6.45, 7) is 23.6. The van der Waals surface area contributed by atoms with Crippen molar-refractivity contribution < 1.29 is 19.1 Å². The molecule has 2 fully saturated rings. The molecule has 4 rings (SSSR count). The van der Waals surface area contributed by atoms with Gasteiger partial charge in [-0.25, -0.2) is 9.59 Å². The van der Waals surface area contributed by atoms with Crippen LogP contribution in [0.1, 0.15) is 130 Å². The van der Waals surface area contributed by atoms with Crippen LogP contribution in [0.25, 0.3) is 0 Å². The molecule has 1 atom stereocenters. The minimum Gasteiger partial charge on any atom is -0.490 e. The predicted molar refractivity (Wildman–Crippen MR) is 243 cm³/mol. The molecule has 2 aromatic carbocycles. The third-order valence-electron chi connectivity index (χ3n) is 10.4. The largest absolute Gasteiger partial charge is 0.490 e. The van der Waals surface area contributed by atoms with Crippen molar-refractivity contribution in [2.75, 3.05) is 17.2 Å². The van der Waals surface area contributed by atoms with Gasteiger partial charge in [-0.1, -0.05) is 119 Å². The topological polar surface area (TPSA) is 101 Å². The Balaban J connectivity index is 1.48. The van der Waals surface area contributed by atoms with E-state index >= 15 is 0 Å². The van der Waals surface area contributed by atoms with Crippen molar-refractivity contribution >= 4 is 71.2 Å². The fraction of sp³-hybridized carbons (Fsp3) is 0.600. The van der Waals surface area contributed by atoms with Crippen molar-refractivity contribution in [2.24, 2.45) is 10.8 Å². The van der Waals surface area contributed by atoms with Gasteiger partial charge in [0.05, 0.1) is 12.6 Å². The summed E-state index contributed by atoms with van der Waals surface area (Å²) in [6, 6.07) is 13.0. The van der Waals surface area contributed by atoms with Gasteiger partial charge in [0.25, 0.3) is 0 Å². The fourth-order valence-corrected chi connectivity index (χ4v) is 8.25. The molecule has 0 radical (unpaired) electrons. The molecule has 0 spiro atoms. The molecular weight excluding hydrogens is 900 g/mol. The van der Waals surface area contributed by atoms with Gasteiger partial charge >= 0.3 is 12.1 Å². The van der Waals surface area contributed by atoms with Crippen LogP contribution in [0.4, 0.5) is 21.0 Å². The summed E-state index contributed by atoms with van der Waals surface area (Å²) in [5, 5.41) is 12.4. The van der Waals surface area contributed by atoms with E-state index in [1.165, 1.54) is 11.1 Å². The molecule has 0 aromatic heterocycles. The number of alkyl halides is 3. The van der Waals surface area contributed by atoms with E-state index in [4.69, 9.17) is 9.47 Å². The van der Waals surface area contributed by atoms with Crippen LogP contribution in [-0.2, 0) is 15.9 Å². The first kappa shape index (κ1) is 46.2. The zero-order valence-electron chi connectivity index (χ0n) is 35.5. The van der Waals surface area contributed by atoms with Crippen molar-refractivity contribution in [1.82, 2.24) is 10.6 Å². The Kier molecular flexibility index (Phi) is 15.4. The second-order valence-electron chi connectivity index (χ2n) is 18.9. The Bertz CT molecular complexity index is 1760. The first-order valence-corrected chi connectivity index (χ1v) is 22.4. The van der Waals surface area contributed by atoms with E-state index in [0.717, 1.165) is 79.6 Å². The summed E-state index contributed by atoms with van der Waals surface area (Å²) < 4.78 is 13.1. The van der Waals surface area contributed by atoms with Crippen LogP contribution in [0.3, 0.4) is 0 Å². The molecule has 0 bridgehead atoms. The summed E-state index contributed by atoms with van der Waals surface area (Å²) in [6.07, 6.45) is 8.31. The highest BCUT2D eigenvalue weighted by Crippen LogP contribution is 2.53. The number of carbonyl (C=O) groups is 2. The molecule has 0 heterocycles. The number of aryl methyl sites for hydroxylation is 2. The Morgan fingerprint density at radius 2 is 1.25 bits per heavy atom. The summed E-state index contributed by atoms with van der Waals surface area (Å²) in [7, 11) is 0. The number of hydrogen-bond donors (Lipinski definition) is 4. The van der Waals surface area contributed by atoms with Crippen molar-refractivity contribution in [1.29, 1.82) is 0 Å². The van der Waals surface area contributed by atoms with Crippen LogP contribution in [-0.4, -0.2) is 38.0 Å².